The molecule has 2 aromatic rings. The van der Waals surface area contributed by atoms with Gasteiger partial charge >= 0.3 is 0 Å². The predicted molar refractivity (Wildman–Crippen MR) is 123 cm³/mol. The molecule has 0 spiro atoms. The maximum absolute atomic E-state index is 5.46. The Morgan fingerprint density at radius 1 is 1.11 bits per heavy atom. The third-order valence-electron chi connectivity index (χ3n) is 5.11. The molecule has 0 atom stereocenters. The van der Waals surface area contributed by atoms with E-state index < -0.39 is 0 Å². The number of anilines is 1. The molecule has 0 saturated carbocycles. The molecule has 4 nitrogen and oxygen atoms in total. The van der Waals surface area contributed by atoms with Crippen molar-refractivity contribution in [2.45, 2.75) is 32.7 Å². The van der Waals surface area contributed by atoms with Gasteiger partial charge in [0, 0.05) is 25.2 Å². The monoisotopic (exact) mass is 376 g/mol. The molecule has 0 aliphatic carbocycles. The Hall–Kier alpha value is -3.01. The molecule has 2 rings (SSSR count). The van der Waals surface area contributed by atoms with E-state index in [9.17, 15) is 0 Å². The summed E-state index contributed by atoms with van der Waals surface area (Å²) in [6.07, 6.45) is 4.22. The fourth-order valence-corrected chi connectivity index (χ4v) is 3.09. The summed E-state index contributed by atoms with van der Waals surface area (Å²) in [4.78, 5) is 6.21. The van der Waals surface area contributed by atoms with Crippen LogP contribution >= 0.6 is 0 Å². The Morgan fingerprint density at radius 2 is 1.75 bits per heavy atom. The highest BCUT2D eigenvalue weighted by Crippen LogP contribution is 2.34. The highest BCUT2D eigenvalue weighted by Gasteiger charge is 2.24. The lowest BCUT2D eigenvalue weighted by Crippen LogP contribution is -2.23. The lowest BCUT2D eigenvalue weighted by molar-refractivity contribution is 0.636. The first-order valence-electron chi connectivity index (χ1n) is 9.41. The van der Waals surface area contributed by atoms with Crippen LogP contribution in [0.2, 0.25) is 0 Å². The minimum atomic E-state index is -0.210. The van der Waals surface area contributed by atoms with E-state index in [0.29, 0.717) is 6.54 Å². The molecule has 0 aliphatic heterocycles. The third kappa shape index (κ3) is 5.26. The second-order valence-electron chi connectivity index (χ2n) is 7.86. The van der Waals surface area contributed by atoms with Crippen LogP contribution in [0.3, 0.4) is 0 Å². The van der Waals surface area contributed by atoms with Crippen LogP contribution in [0.1, 0.15) is 36.1 Å². The average molecular weight is 377 g/mol. The van der Waals surface area contributed by atoms with Crippen LogP contribution in [-0.4, -0.2) is 20.1 Å². The molecule has 0 fully saturated rings. The Kier molecular flexibility index (Phi) is 6.68. The van der Waals surface area contributed by atoms with E-state index in [1.807, 2.05) is 14.1 Å². The molecule has 0 bridgehead atoms. The zero-order valence-corrected chi connectivity index (χ0v) is 17.7. The third-order valence-corrected chi connectivity index (χ3v) is 5.11. The van der Waals surface area contributed by atoms with E-state index in [0.717, 1.165) is 16.7 Å². The van der Waals surface area contributed by atoms with E-state index in [2.05, 4.69) is 91.9 Å². The minimum absolute atomic E-state index is 0.106. The van der Waals surface area contributed by atoms with Crippen molar-refractivity contribution in [2.75, 3.05) is 19.0 Å². The van der Waals surface area contributed by atoms with Crippen molar-refractivity contribution in [1.82, 2.24) is 0 Å². The molecule has 0 aromatic heterocycles. The Labute approximate surface area is 169 Å². The first-order valence-corrected chi connectivity index (χ1v) is 9.41. The summed E-state index contributed by atoms with van der Waals surface area (Å²) in [6, 6.07) is 14.8. The number of guanidine groups is 1. The summed E-state index contributed by atoms with van der Waals surface area (Å²) in [5.74, 6) is 0.106. The molecule has 0 unspecified atom stereocenters. The molecule has 28 heavy (non-hydrogen) atoms. The zero-order chi connectivity index (χ0) is 20.9. The van der Waals surface area contributed by atoms with Gasteiger partial charge in [0.2, 0.25) is 0 Å². The van der Waals surface area contributed by atoms with E-state index in [-0.39, 0.29) is 11.4 Å². The van der Waals surface area contributed by atoms with Crippen LogP contribution in [0.25, 0.3) is 6.08 Å². The molecule has 0 aliphatic rings. The summed E-state index contributed by atoms with van der Waals surface area (Å²) >= 11 is 0. The lowest BCUT2D eigenvalue weighted by Gasteiger charge is -2.29. The van der Waals surface area contributed by atoms with Gasteiger partial charge in [-0.2, -0.15) is 0 Å². The SMILES string of the molecule is C=C(C=Cc1ccc(N(C)C)cc1)C(C)(C)c1cc(CN=C(N)N)ccc1C. The van der Waals surface area contributed by atoms with Crippen LogP contribution < -0.4 is 16.4 Å². The van der Waals surface area contributed by atoms with Crippen molar-refractivity contribution in [3.05, 3.63) is 82.9 Å². The molecule has 148 valence electrons. The maximum atomic E-state index is 5.46. The van der Waals surface area contributed by atoms with E-state index in [4.69, 9.17) is 11.5 Å². The molecule has 0 saturated heterocycles. The van der Waals surface area contributed by atoms with Gasteiger partial charge < -0.3 is 16.4 Å². The Bertz CT molecular complexity index is 883. The smallest absolute Gasteiger partial charge is 0.186 e. The number of hydrogen-bond donors (Lipinski definition) is 2. The van der Waals surface area contributed by atoms with Gasteiger partial charge in [-0.05, 0) is 46.9 Å². The maximum Gasteiger partial charge on any atom is 0.186 e. The summed E-state index contributed by atoms with van der Waals surface area (Å²) in [5, 5.41) is 0. The molecular formula is C24H32N4. The van der Waals surface area contributed by atoms with Gasteiger partial charge in [0.1, 0.15) is 0 Å². The van der Waals surface area contributed by atoms with Crippen LogP contribution in [0.4, 0.5) is 5.69 Å². The van der Waals surface area contributed by atoms with Gasteiger partial charge in [-0.15, -0.1) is 0 Å². The molecule has 0 radical (unpaired) electrons. The largest absolute Gasteiger partial charge is 0.378 e. The molecule has 0 heterocycles. The summed E-state index contributed by atoms with van der Waals surface area (Å²) < 4.78 is 0. The summed E-state index contributed by atoms with van der Waals surface area (Å²) in [5.41, 5.74) is 17.6. The standard InChI is InChI=1S/C24H32N4/c1-17-7-9-20(16-27-23(25)26)15-22(17)24(3,4)18(2)8-10-19-11-13-21(14-12-19)28(5)6/h7-15H,2,16H2,1,3-6H3,(H4,25,26,27). The Balaban J connectivity index is 2.24. The van der Waals surface area contributed by atoms with Crippen LogP contribution in [0.5, 0.6) is 0 Å². The van der Waals surface area contributed by atoms with Gasteiger partial charge in [0.15, 0.2) is 5.96 Å². The molecule has 4 heteroatoms. The van der Waals surface area contributed by atoms with Crippen molar-refractivity contribution in [3.8, 4) is 0 Å². The molecular weight excluding hydrogens is 344 g/mol. The number of aliphatic imine (C=N–C) groups is 1. The van der Waals surface area contributed by atoms with Gasteiger partial charge in [-0.25, -0.2) is 4.99 Å². The van der Waals surface area contributed by atoms with Crippen molar-refractivity contribution in [3.63, 3.8) is 0 Å². The van der Waals surface area contributed by atoms with Crippen molar-refractivity contribution < 1.29 is 0 Å². The van der Waals surface area contributed by atoms with Crippen LogP contribution in [0, 0.1) is 6.92 Å². The number of aryl methyl sites for hydroxylation is 1. The minimum Gasteiger partial charge on any atom is -0.378 e. The second kappa shape index (κ2) is 8.79. The van der Waals surface area contributed by atoms with E-state index in [1.165, 1.54) is 16.8 Å². The topological polar surface area (TPSA) is 67.6 Å². The van der Waals surface area contributed by atoms with Crippen molar-refractivity contribution >= 4 is 17.7 Å². The highest BCUT2D eigenvalue weighted by atomic mass is 15.1. The number of nitrogens with zero attached hydrogens (tertiary/aromatic N) is 2. The van der Waals surface area contributed by atoms with E-state index in [1.54, 1.807) is 0 Å². The highest BCUT2D eigenvalue weighted by molar-refractivity contribution is 5.75. The summed E-state index contributed by atoms with van der Waals surface area (Å²) in [7, 11) is 4.08. The number of benzene rings is 2. The fourth-order valence-electron chi connectivity index (χ4n) is 3.09. The molecule has 2 aromatic carbocycles. The first kappa shape index (κ1) is 21.3. The molecule has 0 amide bonds. The van der Waals surface area contributed by atoms with Gasteiger partial charge in [0.05, 0.1) is 6.54 Å². The van der Waals surface area contributed by atoms with Crippen LogP contribution in [-0.2, 0) is 12.0 Å². The fraction of sp³-hybridized carbons (Fsp3) is 0.292. The van der Waals surface area contributed by atoms with E-state index >= 15 is 0 Å². The quantitative estimate of drug-likeness (QED) is 0.428. The molecule has 4 N–H and O–H groups in total. The van der Waals surface area contributed by atoms with Gasteiger partial charge in [-0.1, -0.05) is 62.9 Å². The average Bonchev–Trinajstić information content (AvgIpc) is 2.65. The van der Waals surface area contributed by atoms with Crippen molar-refractivity contribution in [2.24, 2.45) is 16.5 Å². The predicted octanol–water partition coefficient (Wildman–Crippen LogP) is 4.38. The first-order chi connectivity index (χ1) is 13.1. The van der Waals surface area contributed by atoms with Gasteiger partial charge in [-0.3, -0.25) is 0 Å². The number of nitrogens with two attached hydrogens (primary N) is 2. The lowest BCUT2D eigenvalue weighted by atomic mass is 9.75. The van der Waals surface area contributed by atoms with Crippen molar-refractivity contribution in [1.29, 1.82) is 0 Å². The second-order valence-corrected chi connectivity index (χ2v) is 7.86. The van der Waals surface area contributed by atoms with Crippen LogP contribution in [0.15, 0.2) is 65.7 Å². The Morgan fingerprint density at radius 3 is 2.32 bits per heavy atom. The normalized spacial score (nSPS) is 11.5. The zero-order valence-electron chi connectivity index (χ0n) is 17.7. The number of allylic oxidation sites excluding steroid dienone is 2. The number of hydrogen-bond acceptors (Lipinski definition) is 2. The van der Waals surface area contributed by atoms with Gasteiger partial charge in [0.25, 0.3) is 0 Å². The number of rotatable bonds is 7. The summed E-state index contributed by atoms with van der Waals surface area (Å²) in [6.45, 7) is 11.3.